The second-order valence-electron chi connectivity index (χ2n) is 7.45. The molecule has 0 spiro atoms. The van der Waals surface area contributed by atoms with Gasteiger partial charge in [-0.25, -0.2) is 8.42 Å². The van der Waals surface area contributed by atoms with Gasteiger partial charge in [-0.3, -0.25) is 9.59 Å². The van der Waals surface area contributed by atoms with E-state index < -0.39 is 33.4 Å². The number of rotatable bonds is 6. The Morgan fingerprint density at radius 1 is 1.11 bits per heavy atom. The summed E-state index contributed by atoms with van der Waals surface area (Å²) in [7, 11) is -3.75. The standard InChI is InChI=1S/C19H26N2O5S/c22-17(20-14-19(18(23)24)11-5-2-6-12-19)16-10-7-13-21(16)27(25,26)15-8-3-1-4-9-15/h1,3-4,8-9,16H,2,5-7,10-14H2,(H,20,22)(H,23,24). The molecule has 1 saturated heterocycles. The summed E-state index contributed by atoms with van der Waals surface area (Å²) in [6, 6.07) is 7.29. The van der Waals surface area contributed by atoms with Crippen molar-refractivity contribution in [2.45, 2.75) is 55.9 Å². The van der Waals surface area contributed by atoms with Crippen molar-refractivity contribution in [2.24, 2.45) is 5.41 Å². The van der Waals surface area contributed by atoms with Crippen molar-refractivity contribution in [1.82, 2.24) is 9.62 Å². The average molecular weight is 394 g/mol. The van der Waals surface area contributed by atoms with E-state index in [-0.39, 0.29) is 11.4 Å². The summed E-state index contributed by atoms with van der Waals surface area (Å²) >= 11 is 0. The van der Waals surface area contributed by atoms with Crippen LogP contribution >= 0.6 is 0 Å². The van der Waals surface area contributed by atoms with Gasteiger partial charge in [0.05, 0.1) is 10.3 Å². The molecule has 0 radical (unpaired) electrons. The van der Waals surface area contributed by atoms with Crippen molar-refractivity contribution in [3.63, 3.8) is 0 Å². The smallest absolute Gasteiger partial charge is 0.311 e. The Balaban J connectivity index is 1.71. The van der Waals surface area contributed by atoms with Gasteiger partial charge in [0.25, 0.3) is 0 Å². The van der Waals surface area contributed by atoms with Crippen molar-refractivity contribution in [3.05, 3.63) is 30.3 Å². The molecule has 1 amide bonds. The highest BCUT2D eigenvalue weighted by molar-refractivity contribution is 7.89. The van der Waals surface area contributed by atoms with Crippen LogP contribution in [-0.4, -0.2) is 48.8 Å². The van der Waals surface area contributed by atoms with Crippen LogP contribution < -0.4 is 5.32 Å². The van der Waals surface area contributed by atoms with Crippen molar-refractivity contribution >= 4 is 21.9 Å². The Hall–Kier alpha value is -1.93. The molecule has 2 aliphatic rings. The molecule has 1 unspecified atom stereocenters. The van der Waals surface area contributed by atoms with Gasteiger partial charge in [-0.05, 0) is 37.8 Å². The first-order chi connectivity index (χ1) is 12.9. The lowest BCUT2D eigenvalue weighted by Gasteiger charge is -2.34. The maximum absolute atomic E-state index is 12.9. The summed E-state index contributed by atoms with van der Waals surface area (Å²) < 4.78 is 27.0. The van der Waals surface area contributed by atoms with E-state index >= 15 is 0 Å². The third-order valence-electron chi connectivity index (χ3n) is 5.72. The summed E-state index contributed by atoms with van der Waals surface area (Å²) in [6.07, 6.45) is 4.81. The molecule has 1 aromatic rings. The quantitative estimate of drug-likeness (QED) is 0.768. The number of benzene rings is 1. The maximum atomic E-state index is 12.9. The second kappa shape index (κ2) is 7.98. The van der Waals surface area contributed by atoms with E-state index in [1.807, 2.05) is 0 Å². The lowest BCUT2D eigenvalue weighted by atomic mass is 9.74. The fourth-order valence-electron chi connectivity index (χ4n) is 4.09. The first kappa shape index (κ1) is 19.8. The van der Waals surface area contributed by atoms with Crippen LogP contribution in [0.15, 0.2) is 35.2 Å². The summed E-state index contributed by atoms with van der Waals surface area (Å²) in [5, 5.41) is 12.4. The zero-order chi connectivity index (χ0) is 19.5. The number of carbonyl (C=O) groups is 2. The summed E-state index contributed by atoms with van der Waals surface area (Å²) in [4.78, 5) is 24.7. The van der Waals surface area contributed by atoms with Gasteiger partial charge in [-0.2, -0.15) is 4.31 Å². The average Bonchev–Trinajstić information content (AvgIpc) is 3.18. The minimum absolute atomic E-state index is 0.0525. The van der Waals surface area contributed by atoms with Crippen LogP contribution in [0.1, 0.15) is 44.9 Å². The SMILES string of the molecule is O=C(NCC1(C(=O)O)CCCCC1)C1CCCN1S(=O)(=O)c1ccccc1. The highest BCUT2D eigenvalue weighted by atomic mass is 32.2. The molecular weight excluding hydrogens is 368 g/mol. The van der Waals surface area contributed by atoms with Gasteiger partial charge in [0.1, 0.15) is 6.04 Å². The van der Waals surface area contributed by atoms with Gasteiger partial charge in [0.15, 0.2) is 0 Å². The number of carbonyl (C=O) groups excluding carboxylic acids is 1. The molecule has 1 heterocycles. The first-order valence-electron chi connectivity index (χ1n) is 9.45. The Labute approximate surface area is 159 Å². The van der Waals surface area contributed by atoms with E-state index in [4.69, 9.17) is 0 Å². The Morgan fingerprint density at radius 2 is 1.78 bits per heavy atom. The molecule has 1 aromatic carbocycles. The van der Waals surface area contributed by atoms with E-state index in [0.717, 1.165) is 19.3 Å². The number of hydrogen-bond donors (Lipinski definition) is 2. The molecule has 1 aliphatic carbocycles. The fourth-order valence-corrected chi connectivity index (χ4v) is 5.76. The molecule has 3 rings (SSSR count). The van der Waals surface area contributed by atoms with Crippen LogP contribution in [0.2, 0.25) is 0 Å². The van der Waals surface area contributed by atoms with E-state index in [1.54, 1.807) is 18.2 Å². The third-order valence-corrected chi connectivity index (χ3v) is 7.64. The molecule has 0 aromatic heterocycles. The highest BCUT2D eigenvalue weighted by Crippen LogP contribution is 2.36. The van der Waals surface area contributed by atoms with E-state index in [2.05, 4.69) is 5.32 Å². The minimum atomic E-state index is -3.75. The van der Waals surface area contributed by atoms with Crippen molar-refractivity contribution in [1.29, 1.82) is 0 Å². The summed E-state index contributed by atoms with van der Waals surface area (Å²) in [6.45, 7) is 0.344. The molecule has 2 N–H and O–H groups in total. The number of hydrogen-bond acceptors (Lipinski definition) is 4. The zero-order valence-corrected chi connectivity index (χ0v) is 16.1. The Kier molecular flexibility index (Phi) is 5.86. The summed E-state index contributed by atoms with van der Waals surface area (Å²) in [5.41, 5.74) is -0.935. The van der Waals surface area contributed by atoms with Crippen LogP contribution in [0.3, 0.4) is 0 Å². The van der Waals surface area contributed by atoms with Gasteiger partial charge < -0.3 is 10.4 Å². The van der Waals surface area contributed by atoms with Crippen molar-refractivity contribution in [2.75, 3.05) is 13.1 Å². The molecule has 148 valence electrons. The van der Waals surface area contributed by atoms with E-state index in [0.29, 0.717) is 32.2 Å². The van der Waals surface area contributed by atoms with Crippen LogP contribution in [0.5, 0.6) is 0 Å². The van der Waals surface area contributed by atoms with Crippen LogP contribution in [0.25, 0.3) is 0 Å². The molecule has 0 bridgehead atoms. The van der Waals surface area contributed by atoms with Crippen LogP contribution in [-0.2, 0) is 19.6 Å². The monoisotopic (exact) mass is 394 g/mol. The maximum Gasteiger partial charge on any atom is 0.311 e. The van der Waals surface area contributed by atoms with Crippen molar-refractivity contribution < 1.29 is 23.1 Å². The molecule has 1 atom stereocenters. The topological polar surface area (TPSA) is 104 Å². The number of carboxylic acid groups (broad SMARTS) is 1. The van der Waals surface area contributed by atoms with Gasteiger partial charge in [0, 0.05) is 13.1 Å². The summed E-state index contributed by atoms with van der Waals surface area (Å²) in [5.74, 6) is -1.29. The molecule has 8 heteroatoms. The molecule has 2 fully saturated rings. The zero-order valence-electron chi connectivity index (χ0n) is 15.3. The number of carboxylic acids is 1. The Bertz CT molecular complexity index is 788. The first-order valence-corrected chi connectivity index (χ1v) is 10.9. The van der Waals surface area contributed by atoms with Crippen LogP contribution in [0, 0.1) is 5.41 Å². The molecule has 27 heavy (non-hydrogen) atoms. The number of sulfonamides is 1. The molecular formula is C19H26N2O5S. The lowest BCUT2D eigenvalue weighted by molar-refractivity contribution is -0.151. The number of nitrogens with one attached hydrogen (secondary N) is 1. The fraction of sp³-hybridized carbons (Fsp3) is 0.579. The molecule has 1 saturated carbocycles. The number of nitrogens with zero attached hydrogens (tertiary/aromatic N) is 1. The highest BCUT2D eigenvalue weighted by Gasteiger charge is 2.43. The normalized spacial score (nSPS) is 23.0. The lowest BCUT2D eigenvalue weighted by Crippen LogP contribution is -2.50. The second-order valence-corrected chi connectivity index (χ2v) is 9.34. The largest absolute Gasteiger partial charge is 0.481 e. The molecule has 1 aliphatic heterocycles. The predicted molar refractivity (Wildman–Crippen MR) is 99.5 cm³/mol. The van der Waals surface area contributed by atoms with Gasteiger partial charge in [0.2, 0.25) is 15.9 Å². The minimum Gasteiger partial charge on any atom is -0.481 e. The van der Waals surface area contributed by atoms with Crippen molar-refractivity contribution in [3.8, 4) is 0 Å². The number of aliphatic carboxylic acids is 1. The van der Waals surface area contributed by atoms with E-state index in [1.165, 1.54) is 16.4 Å². The van der Waals surface area contributed by atoms with Gasteiger partial charge in [-0.1, -0.05) is 37.5 Å². The third kappa shape index (κ3) is 4.01. The van der Waals surface area contributed by atoms with Crippen LogP contribution in [0.4, 0.5) is 0 Å². The Morgan fingerprint density at radius 3 is 2.41 bits per heavy atom. The predicted octanol–water partition coefficient (Wildman–Crippen LogP) is 1.99. The van der Waals surface area contributed by atoms with E-state index in [9.17, 15) is 23.1 Å². The van der Waals surface area contributed by atoms with Gasteiger partial charge in [-0.15, -0.1) is 0 Å². The molecule has 7 nitrogen and oxygen atoms in total. The number of amides is 1. The van der Waals surface area contributed by atoms with Gasteiger partial charge >= 0.3 is 5.97 Å².